The maximum atomic E-state index is 5.68. The zero-order valence-corrected chi connectivity index (χ0v) is 17.4. The maximum absolute atomic E-state index is 5.68. The van der Waals surface area contributed by atoms with Gasteiger partial charge in [-0.25, -0.2) is 0 Å². The number of hydrogen-bond acceptors (Lipinski definition) is 3. The number of ether oxygens (including phenoxy) is 1. The van der Waals surface area contributed by atoms with Crippen molar-refractivity contribution in [1.29, 1.82) is 0 Å². The molecule has 1 unspecified atom stereocenters. The van der Waals surface area contributed by atoms with Gasteiger partial charge < -0.3 is 15.0 Å². The number of aliphatic imine (C=N–C) groups is 1. The largest absolute Gasteiger partial charge is 0.379 e. The van der Waals surface area contributed by atoms with Gasteiger partial charge in [-0.1, -0.05) is 13.8 Å². The van der Waals surface area contributed by atoms with E-state index in [4.69, 9.17) is 9.73 Å². The standard InChI is InChI=1S/C17H34N4O.HI/c1-4-18-17(19-10-12-22-14-15-7-8-15)21-11-9-16(13-21)20(5-2)6-3;/h15-16H,4-14H2,1-3H3,(H,18,19);1H. The molecular formula is C17H35IN4O. The zero-order valence-electron chi connectivity index (χ0n) is 15.1. The van der Waals surface area contributed by atoms with E-state index in [1.165, 1.54) is 19.3 Å². The first-order valence-corrected chi connectivity index (χ1v) is 9.13. The molecule has 0 aromatic heterocycles. The molecule has 2 rings (SSSR count). The van der Waals surface area contributed by atoms with E-state index < -0.39 is 0 Å². The highest BCUT2D eigenvalue weighted by Gasteiger charge is 2.28. The topological polar surface area (TPSA) is 40.1 Å². The second-order valence-corrected chi connectivity index (χ2v) is 6.36. The van der Waals surface area contributed by atoms with Gasteiger partial charge in [0.15, 0.2) is 5.96 Å². The summed E-state index contributed by atoms with van der Waals surface area (Å²) in [6, 6.07) is 0.671. The van der Waals surface area contributed by atoms with Crippen molar-refractivity contribution in [3.8, 4) is 0 Å². The van der Waals surface area contributed by atoms with Gasteiger partial charge in [-0.2, -0.15) is 0 Å². The molecule has 0 spiro atoms. The molecule has 1 heterocycles. The molecule has 2 aliphatic rings. The molecule has 23 heavy (non-hydrogen) atoms. The van der Waals surface area contributed by atoms with E-state index in [2.05, 4.69) is 35.9 Å². The molecule has 0 radical (unpaired) electrons. The molecule has 136 valence electrons. The fourth-order valence-electron chi connectivity index (χ4n) is 3.15. The Labute approximate surface area is 159 Å². The first kappa shape index (κ1) is 21.0. The normalized spacial score (nSPS) is 21.7. The lowest BCUT2D eigenvalue weighted by molar-refractivity contribution is 0.131. The highest BCUT2D eigenvalue weighted by Crippen LogP contribution is 2.28. The minimum atomic E-state index is 0. The maximum Gasteiger partial charge on any atom is 0.194 e. The van der Waals surface area contributed by atoms with Gasteiger partial charge >= 0.3 is 0 Å². The molecule has 1 aliphatic heterocycles. The third-order valence-electron chi connectivity index (χ3n) is 4.67. The lowest BCUT2D eigenvalue weighted by Gasteiger charge is -2.27. The van der Waals surface area contributed by atoms with E-state index in [0.717, 1.165) is 64.4 Å². The minimum absolute atomic E-state index is 0. The highest BCUT2D eigenvalue weighted by molar-refractivity contribution is 14.0. The average Bonchev–Trinajstić information content (AvgIpc) is 3.23. The van der Waals surface area contributed by atoms with Crippen LogP contribution in [-0.2, 0) is 4.74 Å². The molecule has 1 aliphatic carbocycles. The monoisotopic (exact) mass is 438 g/mol. The van der Waals surface area contributed by atoms with Gasteiger partial charge in [0, 0.05) is 32.3 Å². The smallest absolute Gasteiger partial charge is 0.194 e. The number of likely N-dealkylation sites (tertiary alicyclic amines) is 1. The Morgan fingerprint density at radius 3 is 2.57 bits per heavy atom. The van der Waals surface area contributed by atoms with Crippen molar-refractivity contribution in [2.75, 3.05) is 52.5 Å². The van der Waals surface area contributed by atoms with Crippen LogP contribution in [0.5, 0.6) is 0 Å². The fraction of sp³-hybridized carbons (Fsp3) is 0.941. The lowest BCUT2D eigenvalue weighted by atomic mass is 10.2. The Morgan fingerprint density at radius 1 is 1.22 bits per heavy atom. The van der Waals surface area contributed by atoms with Crippen molar-refractivity contribution in [1.82, 2.24) is 15.1 Å². The van der Waals surface area contributed by atoms with E-state index in [-0.39, 0.29) is 24.0 Å². The summed E-state index contributed by atoms with van der Waals surface area (Å²) in [6.45, 7) is 14.5. The molecular weight excluding hydrogens is 403 g/mol. The third kappa shape index (κ3) is 7.13. The molecule has 5 nitrogen and oxygen atoms in total. The molecule has 0 bridgehead atoms. The van der Waals surface area contributed by atoms with Gasteiger partial charge in [-0.05, 0) is 45.2 Å². The van der Waals surface area contributed by atoms with Crippen LogP contribution in [0.3, 0.4) is 0 Å². The Hall–Kier alpha value is -0.0800. The first-order chi connectivity index (χ1) is 10.8. The summed E-state index contributed by atoms with van der Waals surface area (Å²) >= 11 is 0. The molecule has 1 saturated heterocycles. The quantitative estimate of drug-likeness (QED) is 0.260. The van der Waals surface area contributed by atoms with Crippen molar-refractivity contribution in [3.63, 3.8) is 0 Å². The average molecular weight is 438 g/mol. The van der Waals surface area contributed by atoms with Crippen LogP contribution in [0.2, 0.25) is 0 Å². The molecule has 0 aromatic rings. The third-order valence-corrected chi connectivity index (χ3v) is 4.67. The lowest BCUT2D eigenvalue weighted by Crippen LogP contribution is -2.43. The van der Waals surface area contributed by atoms with Gasteiger partial charge in [0.2, 0.25) is 0 Å². The highest BCUT2D eigenvalue weighted by atomic mass is 127. The second-order valence-electron chi connectivity index (χ2n) is 6.36. The van der Waals surface area contributed by atoms with Crippen molar-refractivity contribution >= 4 is 29.9 Å². The van der Waals surface area contributed by atoms with Gasteiger partial charge in [0.25, 0.3) is 0 Å². The van der Waals surface area contributed by atoms with Crippen LogP contribution < -0.4 is 5.32 Å². The Kier molecular flexibility index (Phi) is 10.5. The number of rotatable bonds is 9. The molecule has 1 N–H and O–H groups in total. The summed E-state index contributed by atoms with van der Waals surface area (Å²) < 4.78 is 5.68. The van der Waals surface area contributed by atoms with Gasteiger partial charge in [0.1, 0.15) is 0 Å². The van der Waals surface area contributed by atoms with E-state index in [1.807, 2.05) is 0 Å². The Bertz CT molecular complexity index is 345. The van der Waals surface area contributed by atoms with Crippen LogP contribution >= 0.6 is 24.0 Å². The zero-order chi connectivity index (χ0) is 15.8. The molecule has 1 saturated carbocycles. The minimum Gasteiger partial charge on any atom is -0.379 e. The predicted molar refractivity (Wildman–Crippen MR) is 108 cm³/mol. The van der Waals surface area contributed by atoms with Gasteiger partial charge in [-0.15, -0.1) is 24.0 Å². The summed E-state index contributed by atoms with van der Waals surface area (Å²) in [5.41, 5.74) is 0. The Balaban J connectivity index is 0.00000264. The number of nitrogens with zero attached hydrogens (tertiary/aromatic N) is 3. The SMILES string of the molecule is CCNC(=NCCOCC1CC1)N1CCC(N(CC)CC)C1.I. The molecule has 0 aromatic carbocycles. The first-order valence-electron chi connectivity index (χ1n) is 9.13. The van der Waals surface area contributed by atoms with Gasteiger partial charge in [0.05, 0.1) is 13.2 Å². The second kappa shape index (κ2) is 11.5. The van der Waals surface area contributed by atoms with Crippen LogP contribution in [0.4, 0.5) is 0 Å². The van der Waals surface area contributed by atoms with Crippen molar-refractivity contribution < 1.29 is 4.74 Å². The summed E-state index contributed by atoms with van der Waals surface area (Å²) in [5, 5.41) is 3.43. The molecule has 6 heteroatoms. The fourth-order valence-corrected chi connectivity index (χ4v) is 3.15. The summed E-state index contributed by atoms with van der Waals surface area (Å²) in [5.74, 6) is 1.90. The van der Waals surface area contributed by atoms with Crippen molar-refractivity contribution in [2.45, 2.75) is 46.1 Å². The van der Waals surface area contributed by atoms with Crippen molar-refractivity contribution in [2.24, 2.45) is 10.9 Å². The van der Waals surface area contributed by atoms with Crippen LogP contribution in [0.1, 0.15) is 40.0 Å². The van der Waals surface area contributed by atoms with Crippen LogP contribution in [-0.4, -0.2) is 74.3 Å². The number of guanidine groups is 1. The predicted octanol–water partition coefficient (Wildman–Crippen LogP) is 2.41. The van der Waals surface area contributed by atoms with E-state index in [9.17, 15) is 0 Å². The van der Waals surface area contributed by atoms with E-state index >= 15 is 0 Å². The van der Waals surface area contributed by atoms with E-state index in [0.29, 0.717) is 6.04 Å². The Morgan fingerprint density at radius 2 is 1.96 bits per heavy atom. The number of nitrogens with one attached hydrogen (secondary N) is 1. The van der Waals surface area contributed by atoms with Crippen LogP contribution in [0.25, 0.3) is 0 Å². The van der Waals surface area contributed by atoms with Crippen molar-refractivity contribution in [3.05, 3.63) is 0 Å². The number of hydrogen-bond donors (Lipinski definition) is 1. The number of likely N-dealkylation sites (N-methyl/N-ethyl adjacent to an activating group) is 1. The number of halogens is 1. The molecule has 1 atom stereocenters. The van der Waals surface area contributed by atoms with Gasteiger partial charge in [-0.3, -0.25) is 9.89 Å². The van der Waals surface area contributed by atoms with Crippen LogP contribution in [0, 0.1) is 5.92 Å². The van der Waals surface area contributed by atoms with E-state index in [1.54, 1.807) is 0 Å². The summed E-state index contributed by atoms with van der Waals surface area (Å²) in [4.78, 5) is 9.71. The molecule has 0 amide bonds. The summed E-state index contributed by atoms with van der Waals surface area (Å²) in [6.07, 6.45) is 3.95. The summed E-state index contributed by atoms with van der Waals surface area (Å²) in [7, 11) is 0. The molecule has 2 fully saturated rings. The van der Waals surface area contributed by atoms with Crippen LogP contribution in [0.15, 0.2) is 4.99 Å².